The molecule has 4 unspecified atom stereocenters. The van der Waals surface area contributed by atoms with Gasteiger partial charge < -0.3 is 37.5 Å². The van der Waals surface area contributed by atoms with Gasteiger partial charge in [-0.25, -0.2) is 4.79 Å². The van der Waals surface area contributed by atoms with E-state index >= 15 is 0 Å². The molecule has 4 atom stereocenters. The Morgan fingerprint density at radius 1 is 0.943 bits per heavy atom. The van der Waals surface area contributed by atoms with Crippen LogP contribution in [0.15, 0.2) is 30.5 Å². The number of carbonyl (C=O) groups excluding carboxylic acids is 4. The van der Waals surface area contributed by atoms with Crippen LogP contribution in [-0.4, -0.2) is 63.9 Å². The molecule has 1 heterocycles. The number of H-pyrrole nitrogens is 1. The molecule has 12 heteroatoms. The zero-order valence-corrected chi connectivity index (χ0v) is 19.8. The molecular weight excluding hydrogens is 456 g/mol. The Kier molecular flexibility index (Phi) is 9.34. The second-order valence-electron chi connectivity index (χ2n) is 8.69. The number of nitrogens with one attached hydrogen (secondary N) is 4. The number of hydrogen-bond acceptors (Lipinski definition) is 6. The molecule has 1 aromatic heterocycles. The van der Waals surface area contributed by atoms with Crippen molar-refractivity contribution in [2.24, 2.45) is 17.4 Å². The molecule has 12 nitrogen and oxygen atoms in total. The maximum absolute atomic E-state index is 12.7. The van der Waals surface area contributed by atoms with Crippen molar-refractivity contribution < 1.29 is 29.1 Å². The van der Waals surface area contributed by atoms with E-state index < -0.39 is 60.2 Å². The smallest absolute Gasteiger partial charge is 0.326 e. The molecule has 2 aromatic rings. The van der Waals surface area contributed by atoms with Gasteiger partial charge >= 0.3 is 5.97 Å². The van der Waals surface area contributed by atoms with E-state index in [0.29, 0.717) is 5.56 Å². The summed E-state index contributed by atoms with van der Waals surface area (Å²) in [5.74, 6) is -4.55. The third-order valence-corrected chi connectivity index (χ3v) is 5.52. The van der Waals surface area contributed by atoms with Gasteiger partial charge in [-0.15, -0.1) is 0 Å². The molecule has 4 amide bonds. The van der Waals surface area contributed by atoms with Gasteiger partial charge in [0.1, 0.15) is 18.1 Å². The largest absolute Gasteiger partial charge is 0.480 e. The molecule has 35 heavy (non-hydrogen) atoms. The third kappa shape index (κ3) is 7.54. The van der Waals surface area contributed by atoms with Crippen LogP contribution in [0.4, 0.5) is 0 Å². The minimum Gasteiger partial charge on any atom is -0.480 e. The van der Waals surface area contributed by atoms with Gasteiger partial charge in [0.15, 0.2) is 0 Å². The molecule has 190 valence electrons. The normalized spacial score (nSPS) is 14.5. The first-order valence-electron chi connectivity index (χ1n) is 11.1. The van der Waals surface area contributed by atoms with Crippen molar-refractivity contribution in [3.05, 3.63) is 36.0 Å². The lowest BCUT2D eigenvalue weighted by molar-refractivity contribution is -0.142. The summed E-state index contributed by atoms with van der Waals surface area (Å²) < 4.78 is 0. The van der Waals surface area contributed by atoms with Crippen LogP contribution in [0.3, 0.4) is 0 Å². The van der Waals surface area contributed by atoms with E-state index in [-0.39, 0.29) is 12.3 Å². The summed E-state index contributed by atoms with van der Waals surface area (Å²) in [6.45, 7) is 4.78. The summed E-state index contributed by atoms with van der Waals surface area (Å²) in [5, 5.41) is 17.6. The van der Waals surface area contributed by atoms with E-state index in [4.69, 9.17) is 11.5 Å². The maximum Gasteiger partial charge on any atom is 0.326 e. The van der Waals surface area contributed by atoms with Crippen molar-refractivity contribution in [1.29, 1.82) is 0 Å². The molecule has 2 rings (SSSR count). The molecule has 0 aliphatic carbocycles. The minimum atomic E-state index is -1.35. The van der Waals surface area contributed by atoms with E-state index in [1.807, 2.05) is 24.3 Å². The van der Waals surface area contributed by atoms with Crippen molar-refractivity contribution in [1.82, 2.24) is 20.9 Å². The molecule has 0 bridgehead atoms. The molecule has 0 aliphatic rings. The molecule has 0 saturated heterocycles. The van der Waals surface area contributed by atoms with E-state index in [2.05, 4.69) is 20.9 Å². The first-order valence-corrected chi connectivity index (χ1v) is 11.1. The Morgan fingerprint density at radius 2 is 1.57 bits per heavy atom. The van der Waals surface area contributed by atoms with Gasteiger partial charge in [-0.1, -0.05) is 32.0 Å². The SMILES string of the molecule is CC(NC(=O)C(CC(N)=O)NC(=O)C(N)C(C)C)C(=O)NC(Cc1c[nH]c2ccccc12)C(=O)O. The quantitative estimate of drug-likeness (QED) is 0.200. The van der Waals surface area contributed by atoms with Crippen molar-refractivity contribution >= 4 is 40.5 Å². The van der Waals surface area contributed by atoms with E-state index in [1.165, 1.54) is 6.92 Å². The first-order chi connectivity index (χ1) is 16.4. The summed E-state index contributed by atoms with van der Waals surface area (Å²) in [6.07, 6.45) is 1.19. The van der Waals surface area contributed by atoms with Crippen LogP contribution >= 0.6 is 0 Å². The lowest BCUT2D eigenvalue weighted by atomic mass is 10.0. The van der Waals surface area contributed by atoms with Gasteiger partial charge in [0, 0.05) is 23.5 Å². The van der Waals surface area contributed by atoms with E-state index in [9.17, 15) is 29.1 Å². The van der Waals surface area contributed by atoms with E-state index in [0.717, 1.165) is 10.9 Å². The Labute approximate surface area is 202 Å². The topological polar surface area (TPSA) is 209 Å². The van der Waals surface area contributed by atoms with Crippen LogP contribution in [0.25, 0.3) is 10.9 Å². The highest BCUT2D eigenvalue weighted by Crippen LogP contribution is 2.19. The fraction of sp³-hybridized carbons (Fsp3) is 0.435. The summed E-state index contributed by atoms with van der Waals surface area (Å²) in [7, 11) is 0. The van der Waals surface area contributed by atoms with Crippen LogP contribution in [-0.2, 0) is 30.4 Å². The van der Waals surface area contributed by atoms with E-state index in [1.54, 1.807) is 20.0 Å². The van der Waals surface area contributed by atoms with Gasteiger partial charge in [0.2, 0.25) is 23.6 Å². The lowest BCUT2D eigenvalue weighted by Gasteiger charge is -2.23. The zero-order valence-electron chi connectivity index (χ0n) is 19.8. The van der Waals surface area contributed by atoms with Gasteiger partial charge in [-0.05, 0) is 24.5 Å². The molecule has 1 aromatic carbocycles. The fourth-order valence-electron chi connectivity index (χ4n) is 3.38. The van der Waals surface area contributed by atoms with Gasteiger partial charge in [-0.3, -0.25) is 19.2 Å². The van der Waals surface area contributed by atoms with Crippen LogP contribution in [0, 0.1) is 5.92 Å². The number of amides is 4. The zero-order chi connectivity index (χ0) is 26.3. The number of aliphatic carboxylic acids is 1. The number of aromatic nitrogens is 1. The molecular formula is C23H32N6O6. The number of fused-ring (bicyclic) bond motifs is 1. The van der Waals surface area contributed by atoms with Crippen molar-refractivity contribution in [3.63, 3.8) is 0 Å². The van der Waals surface area contributed by atoms with Crippen LogP contribution in [0.5, 0.6) is 0 Å². The first kappa shape index (κ1) is 27.3. The van der Waals surface area contributed by atoms with Gasteiger partial charge in [0.25, 0.3) is 0 Å². The Hall–Kier alpha value is -3.93. The standard InChI is InChI=1S/C23H32N6O6/c1-11(2)19(25)22(33)28-16(9-18(24)30)21(32)27-12(3)20(31)29-17(23(34)35)8-13-10-26-15-7-5-4-6-14(13)15/h4-7,10-12,16-17,19,26H,8-9,25H2,1-3H3,(H2,24,30)(H,27,32)(H,28,33)(H,29,31)(H,34,35). The summed E-state index contributed by atoms with van der Waals surface area (Å²) >= 11 is 0. The highest BCUT2D eigenvalue weighted by molar-refractivity contribution is 5.96. The minimum absolute atomic E-state index is 0.0131. The van der Waals surface area contributed by atoms with Crippen LogP contribution in [0.2, 0.25) is 0 Å². The van der Waals surface area contributed by atoms with Crippen molar-refractivity contribution in [2.75, 3.05) is 0 Å². The van der Waals surface area contributed by atoms with Gasteiger partial charge in [0.05, 0.1) is 12.5 Å². The highest BCUT2D eigenvalue weighted by atomic mass is 16.4. The second-order valence-corrected chi connectivity index (χ2v) is 8.69. The highest BCUT2D eigenvalue weighted by Gasteiger charge is 2.30. The predicted octanol–water partition coefficient (Wildman–Crippen LogP) is -0.872. The average Bonchev–Trinajstić information content (AvgIpc) is 3.19. The monoisotopic (exact) mass is 488 g/mol. The number of carboxylic acid groups (broad SMARTS) is 1. The van der Waals surface area contributed by atoms with Crippen LogP contribution < -0.4 is 27.4 Å². The molecule has 0 saturated carbocycles. The average molecular weight is 489 g/mol. The van der Waals surface area contributed by atoms with Crippen LogP contribution in [0.1, 0.15) is 32.8 Å². The predicted molar refractivity (Wildman–Crippen MR) is 128 cm³/mol. The maximum atomic E-state index is 12.7. The van der Waals surface area contributed by atoms with Gasteiger partial charge in [-0.2, -0.15) is 0 Å². The molecule has 0 fully saturated rings. The van der Waals surface area contributed by atoms with Crippen molar-refractivity contribution in [2.45, 2.75) is 57.8 Å². The number of primary amides is 1. The number of hydrogen-bond donors (Lipinski definition) is 7. The number of aromatic amines is 1. The molecule has 9 N–H and O–H groups in total. The lowest BCUT2D eigenvalue weighted by Crippen LogP contribution is -2.57. The summed E-state index contributed by atoms with van der Waals surface area (Å²) in [6, 6.07) is 2.66. The van der Waals surface area contributed by atoms with Crippen molar-refractivity contribution in [3.8, 4) is 0 Å². The molecule has 0 radical (unpaired) electrons. The fourth-order valence-corrected chi connectivity index (χ4v) is 3.38. The number of carbonyl (C=O) groups is 5. The Morgan fingerprint density at radius 3 is 2.17 bits per heavy atom. The number of benzene rings is 1. The number of para-hydroxylation sites is 1. The number of rotatable bonds is 12. The summed E-state index contributed by atoms with van der Waals surface area (Å²) in [4.78, 5) is 63.8. The number of nitrogens with two attached hydrogens (primary N) is 2. The number of carboxylic acids is 1. The molecule has 0 aliphatic heterocycles. The summed E-state index contributed by atoms with van der Waals surface area (Å²) in [5.41, 5.74) is 12.5. The molecule has 0 spiro atoms. The Balaban J connectivity index is 2.05. The second kappa shape index (κ2) is 12.0. The third-order valence-electron chi connectivity index (χ3n) is 5.52. The Bertz CT molecular complexity index is 1100.